The fourth-order valence-corrected chi connectivity index (χ4v) is 3.46. The first-order valence-electron chi connectivity index (χ1n) is 9.07. The molecule has 1 aliphatic heterocycles. The van der Waals surface area contributed by atoms with Crippen molar-refractivity contribution in [3.05, 3.63) is 52.7 Å². The Morgan fingerprint density at radius 2 is 2.00 bits per heavy atom. The number of fused-ring (bicyclic) bond motifs is 1. The average molecular weight is 352 g/mol. The SMILES string of the molecule is CC(C)(C)c1ccc(=O)n(CC2CCCN2c2ccc3nccn3n2)n1. The lowest BCUT2D eigenvalue weighted by Crippen LogP contribution is -2.38. The summed E-state index contributed by atoms with van der Waals surface area (Å²) in [7, 11) is 0. The Kier molecular flexibility index (Phi) is 4.01. The highest BCUT2D eigenvalue weighted by atomic mass is 16.1. The van der Waals surface area contributed by atoms with Crippen LogP contribution in [0.2, 0.25) is 0 Å². The molecule has 0 aliphatic carbocycles. The zero-order valence-electron chi connectivity index (χ0n) is 15.5. The molecule has 4 rings (SSSR count). The second-order valence-electron chi connectivity index (χ2n) is 7.90. The summed E-state index contributed by atoms with van der Waals surface area (Å²) >= 11 is 0. The van der Waals surface area contributed by atoms with E-state index in [2.05, 4.69) is 40.9 Å². The Balaban J connectivity index is 1.62. The topological polar surface area (TPSA) is 68.3 Å². The molecule has 0 aromatic carbocycles. The molecule has 7 nitrogen and oxygen atoms in total. The van der Waals surface area contributed by atoms with Crippen LogP contribution >= 0.6 is 0 Å². The fourth-order valence-electron chi connectivity index (χ4n) is 3.46. The number of rotatable bonds is 3. The Labute approximate surface area is 152 Å². The quantitative estimate of drug-likeness (QED) is 0.723. The number of aromatic nitrogens is 5. The number of nitrogens with zero attached hydrogens (tertiary/aromatic N) is 6. The van der Waals surface area contributed by atoms with E-state index in [0.29, 0.717) is 6.54 Å². The predicted molar refractivity (Wildman–Crippen MR) is 101 cm³/mol. The average Bonchev–Trinajstić information content (AvgIpc) is 3.24. The largest absolute Gasteiger partial charge is 0.350 e. The van der Waals surface area contributed by atoms with Gasteiger partial charge >= 0.3 is 0 Å². The minimum Gasteiger partial charge on any atom is -0.350 e. The zero-order valence-corrected chi connectivity index (χ0v) is 15.5. The van der Waals surface area contributed by atoms with Gasteiger partial charge in [0, 0.05) is 30.4 Å². The summed E-state index contributed by atoms with van der Waals surface area (Å²) in [6.07, 6.45) is 5.71. The van der Waals surface area contributed by atoms with Crippen LogP contribution < -0.4 is 10.5 Å². The van der Waals surface area contributed by atoms with Crippen LogP contribution in [0.5, 0.6) is 0 Å². The number of imidazole rings is 1. The maximum absolute atomic E-state index is 12.3. The first kappa shape index (κ1) is 16.8. The van der Waals surface area contributed by atoms with Crippen LogP contribution in [0.15, 0.2) is 41.5 Å². The fraction of sp³-hybridized carbons (Fsp3) is 0.474. The molecule has 1 saturated heterocycles. The van der Waals surface area contributed by atoms with E-state index in [4.69, 9.17) is 0 Å². The molecule has 1 aliphatic rings. The molecular formula is C19H24N6O. The van der Waals surface area contributed by atoms with Gasteiger partial charge in [-0.3, -0.25) is 4.79 Å². The van der Waals surface area contributed by atoms with Gasteiger partial charge in [0.15, 0.2) is 5.65 Å². The van der Waals surface area contributed by atoms with Crippen LogP contribution in [0.25, 0.3) is 5.65 Å². The molecule has 1 atom stereocenters. The van der Waals surface area contributed by atoms with Gasteiger partial charge in [0.05, 0.1) is 18.3 Å². The van der Waals surface area contributed by atoms with Gasteiger partial charge in [0.1, 0.15) is 5.82 Å². The van der Waals surface area contributed by atoms with Crippen molar-refractivity contribution in [3.63, 3.8) is 0 Å². The molecule has 7 heteroatoms. The van der Waals surface area contributed by atoms with Crippen LogP contribution in [0, 0.1) is 0 Å². The minimum atomic E-state index is -0.0845. The molecule has 26 heavy (non-hydrogen) atoms. The van der Waals surface area contributed by atoms with Crippen LogP contribution in [0.3, 0.4) is 0 Å². The molecule has 136 valence electrons. The van der Waals surface area contributed by atoms with E-state index in [9.17, 15) is 4.79 Å². The summed E-state index contributed by atoms with van der Waals surface area (Å²) in [5.41, 5.74) is 1.63. The maximum Gasteiger partial charge on any atom is 0.266 e. The minimum absolute atomic E-state index is 0.0529. The molecular weight excluding hydrogens is 328 g/mol. The molecule has 1 unspecified atom stereocenters. The lowest BCUT2D eigenvalue weighted by molar-refractivity contribution is 0.456. The normalized spacial score (nSPS) is 18.0. The second kappa shape index (κ2) is 6.23. The van der Waals surface area contributed by atoms with E-state index in [0.717, 1.165) is 36.5 Å². The van der Waals surface area contributed by atoms with Crippen molar-refractivity contribution in [1.82, 2.24) is 24.4 Å². The lowest BCUT2D eigenvalue weighted by Gasteiger charge is -2.26. The van der Waals surface area contributed by atoms with Crippen molar-refractivity contribution in [2.24, 2.45) is 0 Å². The van der Waals surface area contributed by atoms with Gasteiger partial charge in [-0.15, -0.1) is 5.10 Å². The molecule has 0 N–H and O–H groups in total. The van der Waals surface area contributed by atoms with Crippen molar-refractivity contribution >= 4 is 11.5 Å². The van der Waals surface area contributed by atoms with Crippen LogP contribution in [0.1, 0.15) is 39.3 Å². The van der Waals surface area contributed by atoms with Gasteiger partial charge in [-0.05, 0) is 31.0 Å². The van der Waals surface area contributed by atoms with E-state index in [1.165, 1.54) is 0 Å². The summed E-state index contributed by atoms with van der Waals surface area (Å²) in [5, 5.41) is 9.28. The third-order valence-corrected chi connectivity index (χ3v) is 4.93. The third-order valence-electron chi connectivity index (χ3n) is 4.93. The Morgan fingerprint density at radius 3 is 2.81 bits per heavy atom. The summed E-state index contributed by atoms with van der Waals surface area (Å²) in [4.78, 5) is 18.8. The first-order chi connectivity index (χ1) is 12.4. The summed E-state index contributed by atoms with van der Waals surface area (Å²) < 4.78 is 3.40. The number of hydrogen-bond donors (Lipinski definition) is 0. The van der Waals surface area contributed by atoms with Crippen molar-refractivity contribution in [3.8, 4) is 0 Å². The highest BCUT2D eigenvalue weighted by Gasteiger charge is 2.27. The molecule has 0 spiro atoms. The molecule has 0 saturated carbocycles. The van der Waals surface area contributed by atoms with Gasteiger partial charge < -0.3 is 4.90 Å². The van der Waals surface area contributed by atoms with Gasteiger partial charge in [-0.25, -0.2) is 14.2 Å². The van der Waals surface area contributed by atoms with Crippen LogP contribution in [-0.2, 0) is 12.0 Å². The molecule has 3 aromatic heterocycles. The summed E-state index contributed by atoms with van der Waals surface area (Å²) in [6.45, 7) is 7.83. The summed E-state index contributed by atoms with van der Waals surface area (Å²) in [6, 6.07) is 7.65. The van der Waals surface area contributed by atoms with Crippen molar-refractivity contribution in [2.45, 2.75) is 51.6 Å². The zero-order chi connectivity index (χ0) is 18.3. The maximum atomic E-state index is 12.3. The number of anilines is 1. The lowest BCUT2D eigenvalue weighted by atomic mass is 9.92. The number of hydrogen-bond acceptors (Lipinski definition) is 5. The molecule has 0 radical (unpaired) electrons. The molecule has 0 amide bonds. The van der Waals surface area contributed by atoms with Gasteiger partial charge in [-0.1, -0.05) is 20.8 Å². The Bertz CT molecular complexity index is 983. The Morgan fingerprint density at radius 1 is 1.15 bits per heavy atom. The van der Waals surface area contributed by atoms with Gasteiger partial charge in [-0.2, -0.15) is 5.10 Å². The predicted octanol–water partition coefficient (Wildman–Crippen LogP) is 2.25. The van der Waals surface area contributed by atoms with Crippen LogP contribution in [-0.4, -0.2) is 37.0 Å². The monoisotopic (exact) mass is 352 g/mol. The van der Waals surface area contributed by atoms with E-state index < -0.39 is 0 Å². The first-order valence-corrected chi connectivity index (χ1v) is 9.07. The van der Waals surface area contributed by atoms with Crippen molar-refractivity contribution in [2.75, 3.05) is 11.4 Å². The van der Waals surface area contributed by atoms with Gasteiger partial charge in [0.25, 0.3) is 5.56 Å². The van der Waals surface area contributed by atoms with E-state index in [-0.39, 0.29) is 17.0 Å². The summed E-state index contributed by atoms with van der Waals surface area (Å²) in [5.74, 6) is 0.915. The highest BCUT2D eigenvalue weighted by Crippen LogP contribution is 2.25. The van der Waals surface area contributed by atoms with E-state index >= 15 is 0 Å². The molecule has 4 heterocycles. The standard InChI is InChI=1S/C19H24N6O/c1-19(2,3)15-6-9-18(26)25(21-15)13-14-5-4-11-23(14)17-8-7-16-20-10-12-24(16)22-17/h6-10,12,14H,4-5,11,13H2,1-3H3. The smallest absolute Gasteiger partial charge is 0.266 e. The molecule has 1 fully saturated rings. The third kappa shape index (κ3) is 3.09. The molecule has 0 bridgehead atoms. The van der Waals surface area contributed by atoms with E-state index in [1.807, 2.05) is 24.4 Å². The highest BCUT2D eigenvalue weighted by molar-refractivity contribution is 5.47. The van der Waals surface area contributed by atoms with Crippen molar-refractivity contribution < 1.29 is 0 Å². The second-order valence-corrected chi connectivity index (χ2v) is 7.90. The van der Waals surface area contributed by atoms with Gasteiger partial charge in [0.2, 0.25) is 0 Å². The van der Waals surface area contributed by atoms with E-state index in [1.54, 1.807) is 21.5 Å². The molecule has 3 aromatic rings. The van der Waals surface area contributed by atoms with Crippen molar-refractivity contribution in [1.29, 1.82) is 0 Å². The van der Waals surface area contributed by atoms with Crippen LogP contribution in [0.4, 0.5) is 5.82 Å². The Hall–Kier alpha value is -2.70.